The smallest absolute Gasteiger partial charge is 0.238 e. The molecule has 0 saturated heterocycles. The third-order valence-corrected chi connectivity index (χ3v) is 4.77. The molecule has 0 spiro atoms. The van der Waals surface area contributed by atoms with Crippen LogP contribution in [0.15, 0.2) is 36.7 Å². The lowest BCUT2D eigenvalue weighted by Crippen LogP contribution is -2.34. The first-order valence-electron chi connectivity index (χ1n) is 8.66. The first-order chi connectivity index (χ1) is 12.5. The number of aryl methyl sites for hydroxylation is 1. The Balaban J connectivity index is 0.000000240. The van der Waals surface area contributed by atoms with Gasteiger partial charge in [-0.3, -0.25) is 0 Å². The average molecular weight is 350 g/mol. The Morgan fingerprint density at radius 2 is 1.96 bits per heavy atom. The summed E-state index contributed by atoms with van der Waals surface area (Å²) >= 11 is 0. The van der Waals surface area contributed by atoms with E-state index >= 15 is 0 Å². The van der Waals surface area contributed by atoms with Crippen LogP contribution >= 0.6 is 0 Å². The second-order valence-corrected chi connectivity index (χ2v) is 6.93. The van der Waals surface area contributed by atoms with Gasteiger partial charge in [0.25, 0.3) is 0 Å². The number of aromatic nitrogens is 6. The van der Waals surface area contributed by atoms with E-state index < -0.39 is 0 Å². The Hall–Kier alpha value is -3.00. The van der Waals surface area contributed by atoms with Crippen molar-refractivity contribution in [3.63, 3.8) is 0 Å². The topological polar surface area (TPSA) is 113 Å². The lowest BCUT2D eigenvalue weighted by atomic mass is 9.83. The molecule has 4 N–H and O–H groups in total. The number of fused-ring (bicyclic) bond motifs is 2. The third-order valence-electron chi connectivity index (χ3n) is 4.77. The fourth-order valence-corrected chi connectivity index (χ4v) is 3.32. The van der Waals surface area contributed by atoms with Crippen LogP contribution in [0.4, 0.5) is 5.95 Å². The van der Waals surface area contributed by atoms with Gasteiger partial charge in [0, 0.05) is 24.8 Å². The average Bonchev–Trinajstić information content (AvgIpc) is 3.18. The summed E-state index contributed by atoms with van der Waals surface area (Å²) in [6, 6.07) is 8.57. The number of nitrogen functional groups attached to an aromatic ring is 1. The SMILES string of the molecule is CC1CC(N)C1.Cn1nnc2ccc(-c3ccn4nc(N)ncc34)cc21. The molecule has 0 amide bonds. The van der Waals surface area contributed by atoms with Gasteiger partial charge < -0.3 is 11.5 Å². The van der Waals surface area contributed by atoms with Crippen LogP contribution in [0.3, 0.4) is 0 Å². The lowest BCUT2D eigenvalue weighted by Gasteiger charge is -2.28. The Bertz CT molecular complexity index is 1050. The third kappa shape index (κ3) is 2.99. The molecule has 8 nitrogen and oxygen atoms in total. The molecule has 3 heterocycles. The number of hydrogen-bond donors (Lipinski definition) is 2. The summed E-state index contributed by atoms with van der Waals surface area (Å²) in [5, 5.41) is 12.2. The minimum absolute atomic E-state index is 0.255. The maximum Gasteiger partial charge on any atom is 0.238 e. The van der Waals surface area contributed by atoms with Gasteiger partial charge in [0.15, 0.2) is 0 Å². The van der Waals surface area contributed by atoms with Crippen LogP contribution in [0.2, 0.25) is 0 Å². The number of nitrogens with zero attached hydrogens (tertiary/aromatic N) is 6. The largest absolute Gasteiger partial charge is 0.367 e. The molecule has 1 aromatic carbocycles. The second-order valence-electron chi connectivity index (χ2n) is 6.93. The Kier molecular flexibility index (Phi) is 4.04. The number of nitrogens with two attached hydrogens (primary N) is 2. The van der Waals surface area contributed by atoms with Crippen molar-refractivity contribution < 1.29 is 0 Å². The van der Waals surface area contributed by atoms with Crippen LogP contribution in [0.5, 0.6) is 0 Å². The zero-order chi connectivity index (χ0) is 18.3. The van der Waals surface area contributed by atoms with Gasteiger partial charge in [-0.05, 0) is 42.5 Å². The van der Waals surface area contributed by atoms with Crippen LogP contribution < -0.4 is 11.5 Å². The standard InChI is InChI=1S/C13H11N7.C5H11N/c1-19-11-6-8(2-3-10(11)16-18-19)9-4-5-20-12(9)7-15-13(14)17-20;1-4-2-5(6)3-4/h2-7H,1H3,(H2,14,17);4-5H,2-3,6H2,1H3. The van der Waals surface area contributed by atoms with Crippen molar-refractivity contribution in [2.24, 2.45) is 18.7 Å². The summed E-state index contributed by atoms with van der Waals surface area (Å²) in [5.41, 5.74) is 15.9. The molecule has 0 unspecified atom stereocenters. The minimum atomic E-state index is 0.255. The molecule has 0 atom stereocenters. The highest BCUT2D eigenvalue weighted by atomic mass is 15.4. The molecule has 0 aliphatic heterocycles. The summed E-state index contributed by atoms with van der Waals surface area (Å²) in [7, 11) is 1.88. The van der Waals surface area contributed by atoms with Gasteiger partial charge in [0.05, 0.1) is 17.2 Å². The summed E-state index contributed by atoms with van der Waals surface area (Å²) in [6.07, 6.45) is 6.09. The van der Waals surface area contributed by atoms with E-state index in [4.69, 9.17) is 11.5 Å². The molecule has 0 bridgehead atoms. The van der Waals surface area contributed by atoms with Crippen molar-refractivity contribution in [3.8, 4) is 11.1 Å². The molecule has 3 aromatic heterocycles. The van der Waals surface area contributed by atoms with E-state index in [0.717, 1.165) is 33.6 Å². The van der Waals surface area contributed by atoms with Crippen LogP contribution in [-0.4, -0.2) is 35.6 Å². The first kappa shape index (κ1) is 16.5. The van der Waals surface area contributed by atoms with Gasteiger partial charge in [-0.1, -0.05) is 18.2 Å². The normalized spacial score (nSPS) is 19.2. The van der Waals surface area contributed by atoms with Gasteiger partial charge in [-0.25, -0.2) is 14.2 Å². The van der Waals surface area contributed by atoms with E-state index in [0.29, 0.717) is 6.04 Å². The number of hydrogen-bond acceptors (Lipinski definition) is 6. The molecule has 5 rings (SSSR count). The molecule has 1 fully saturated rings. The Labute approximate surface area is 150 Å². The van der Waals surface area contributed by atoms with E-state index in [9.17, 15) is 0 Å². The highest BCUT2D eigenvalue weighted by molar-refractivity contribution is 5.87. The Morgan fingerprint density at radius 3 is 2.65 bits per heavy atom. The molecular formula is C18H22N8. The zero-order valence-corrected chi connectivity index (χ0v) is 14.9. The number of anilines is 1. The van der Waals surface area contributed by atoms with Crippen molar-refractivity contribution >= 4 is 22.5 Å². The van der Waals surface area contributed by atoms with Gasteiger partial charge in [-0.15, -0.1) is 10.2 Å². The first-order valence-corrected chi connectivity index (χ1v) is 8.66. The molecule has 1 aliphatic rings. The molecule has 0 radical (unpaired) electrons. The van der Waals surface area contributed by atoms with E-state index in [1.807, 2.05) is 31.4 Å². The van der Waals surface area contributed by atoms with Gasteiger partial charge in [0.1, 0.15) is 5.52 Å². The van der Waals surface area contributed by atoms with Gasteiger partial charge in [0.2, 0.25) is 5.95 Å². The van der Waals surface area contributed by atoms with E-state index in [-0.39, 0.29) is 5.95 Å². The van der Waals surface area contributed by atoms with Crippen molar-refractivity contribution in [3.05, 3.63) is 36.7 Å². The van der Waals surface area contributed by atoms with Crippen molar-refractivity contribution in [2.45, 2.75) is 25.8 Å². The molecule has 1 aliphatic carbocycles. The summed E-state index contributed by atoms with van der Waals surface area (Å²) in [5.74, 6) is 1.17. The van der Waals surface area contributed by atoms with Crippen LogP contribution in [0, 0.1) is 5.92 Å². The number of rotatable bonds is 1. The maximum atomic E-state index is 5.59. The van der Waals surface area contributed by atoms with Crippen molar-refractivity contribution in [1.29, 1.82) is 0 Å². The van der Waals surface area contributed by atoms with Gasteiger partial charge in [-0.2, -0.15) is 0 Å². The predicted molar refractivity (Wildman–Crippen MR) is 101 cm³/mol. The maximum absolute atomic E-state index is 5.59. The minimum Gasteiger partial charge on any atom is -0.367 e. The molecule has 134 valence electrons. The highest BCUT2D eigenvalue weighted by Crippen LogP contribution is 2.27. The van der Waals surface area contributed by atoms with Crippen LogP contribution in [0.25, 0.3) is 27.7 Å². The number of benzene rings is 1. The summed E-state index contributed by atoms with van der Waals surface area (Å²) < 4.78 is 3.48. The van der Waals surface area contributed by atoms with Crippen molar-refractivity contribution in [1.82, 2.24) is 29.6 Å². The lowest BCUT2D eigenvalue weighted by molar-refractivity contribution is 0.290. The summed E-state index contributed by atoms with van der Waals surface area (Å²) in [6.45, 7) is 2.24. The predicted octanol–water partition coefficient (Wildman–Crippen LogP) is 2.00. The quantitative estimate of drug-likeness (QED) is 0.543. The molecule has 1 saturated carbocycles. The fourth-order valence-electron chi connectivity index (χ4n) is 3.32. The summed E-state index contributed by atoms with van der Waals surface area (Å²) in [4.78, 5) is 4.05. The van der Waals surface area contributed by atoms with Gasteiger partial charge >= 0.3 is 0 Å². The van der Waals surface area contributed by atoms with E-state index in [1.54, 1.807) is 15.4 Å². The van der Waals surface area contributed by atoms with E-state index in [1.165, 1.54) is 12.8 Å². The van der Waals surface area contributed by atoms with E-state index in [2.05, 4.69) is 33.4 Å². The molecular weight excluding hydrogens is 328 g/mol. The monoisotopic (exact) mass is 350 g/mol. The fraction of sp³-hybridized carbons (Fsp3) is 0.333. The van der Waals surface area contributed by atoms with Crippen molar-refractivity contribution in [2.75, 3.05) is 5.73 Å². The molecule has 4 aromatic rings. The molecule has 8 heteroatoms. The van der Waals surface area contributed by atoms with Crippen LogP contribution in [0.1, 0.15) is 19.8 Å². The van der Waals surface area contributed by atoms with Crippen LogP contribution in [-0.2, 0) is 7.05 Å². The highest BCUT2D eigenvalue weighted by Gasteiger charge is 2.20. The second kappa shape index (κ2) is 6.38. The molecule has 26 heavy (non-hydrogen) atoms. The Morgan fingerprint density at radius 1 is 1.15 bits per heavy atom. The zero-order valence-electron chi connectivity index (χ0n) is 14.9.